The predicted molar refractivity (Wildman–Crippen MR) is 128 cm³/mol. The summed E-state index contributed by atoms with van der Waals surface area (Å²) in [5.41, 5.74) is 0.101. The molecule has 12 heteroatoms. The molecule has 0 aliphatic heterocycles. The number of hydrogen-bond acceptors (Lipinski definition) is 8. The van der Waals surface area contributed by atoms with Crippen LogP contribution < -0.4 is 20.1 Å². The van der Waals surface area contributed by atoms with Crippen molar-refractivity contribution in [2.75, 3.05) is 26.8 Å². The van der Waals surface area contributed by atoms with Crippen molar-refractivity contribution in [3.05, 3.63) is 53.7 Å². The number of benzene rings is 1. The van der Waals surface area contributed by atoms with Crippen LogP contribution in [0.1, 0.15) is 53.3 Å². The highest BCUT2D eigenvalue weighted by atomic mass is 32.2. The van der Waals surface area contributed by atoms with Crippen molar-refractivity contribution in [1.82, 2.24) is 20.3 Å². The summed E-state index contributed by atoms with van der Waals surface area (Å²) < 4.78 is 37.1. The van der Waals surface area contributed by atoms with Crippen LogP contribution in [0, 0.1) is 0 Å². The fourth-order valence-electron chi connectivity index (χ4n) is 2.86. The molecule has 0 bridgehead atoms. The van der Waals surface area contributed by atoms with Gasteiger partial charge in [-0.25, -0.2) is 22.9 Å². The zero-order valence-electron chi connectivity index (χ0n) is 19.7. The van der Waals surface area contributed by atoms with E-state index in [4.69, 9.17) is 9.47 Å². The van der Waals surface area contributed by atoms with Gasteiger partial charge in [0, 0.05) is 38.0 Å². The van der Waals surface area contributed by atoms with Gasteiger partial charge in [-0.3, -0.25) is 9.59 Å². The highest BCUT2D eigenvalue weighted by molar-refractivity contribution is 7.90. The van der Waals surface area contributed by atoms with Gasteiger partial charge in [0.15, 0.2) is 0 Å². The summed E-state index contributed by atoms with van der Waals surface area (Å²) in [5.74, 6) is -1.40. The van der Waals surface area contributed by atoms with Crippen molar-refractivity contribution < 1.29 is 32.3 Å². The van der Waals surface area contributed by atoms with Gasteiger partial charge in [-0.15, -0.1) is 0 Å². The summed E-state index contributed by atoms with van der Waals surface area (Å²) in [6.07, 6.45) is 4.33. The molecule has 0 saturated heterocycles. The minimum atomic E-state index is -4.25. The molecule has 2 rings (SSSR count). The fraction of sp³-hybridized carbons (Fsp3) is 0.391. The fourth-order valence-corrected chi connectivity index (χ4v) is 3.88. The molecule has 0 fully saturated rings. The van der Waals surface area contributed by atoms with Gasteiger partial charge in [0.2, 0.25) is 5.88 Å². The predicted octanol–water partition coefficient (Wildman–Crippen LogP) is 2.25. The third-order valence-corrected chi connectivity index (χ3v) is 6.05. The van der Waals surface area contributed by atoms with Crippen LogP contribution >= 0.6 is 0 Å². The molecule has 0 saturated carbocycles. The van der Waals surface area contributed by atoms with Crippen molar-refractivity contribution >= 4 is 27.9 Å². The number of aromatic nitrogens is 1. The second-order valence-electron chi connectivity index (χ2n) is 7.47. The minimum Gasteiger partial charge on any atom is -0.391 e. The molecule has 3 N–H and O–H groups in total. The maximum atomic E-state index is 12.7. The van der Waals surface area contributed by atoms with E-state index >= 15 is 0 Å². The topological polar surface area (TPSA) is 153 Å². The highest BCUT2D eigenvalue weighted by Gasteiger charge is 2.20. The average molecular weight is 507 g/mol. The molecule has 1 aromatic carbocycles. The van der Waals surface area contributed by atoms with E-state index in [9.17, 15) is 22.8 Å². The van der Waals surface area contributed by atoms with E-state index in [1.165, 1.54) is 43.5 Å². The van der Waals surface area contributed by atoms with Gasteiger partial charge < -0.3 is 20.1 Å². The van der Waals surface area contributed by atoms with Crippen molar-refractivity contribution in [3.8, 4) is 5.88 Å². The van der Waals surface area contributed by atoms with Gasteiger partial charge in [-0.05, 0) is 30.7 Å². The molecule has 190 valence electrons. The van der Waals surface area contributed by atoms with E-state index in [1.807, 2.05) is 4.72 Å². The largest absolute Gasteiger partial charge is 0.414 e. The van der Waals surface area contributed by atoms with E-state index in [1.54, 1.807) is 0 Å². The van der Waals surface area contributed by atoms with Gasteiger partial charge in [0.25, 0.3) is 21.8 Å². The summed E-state index contributed by atoms with van der Waals surface area (Å²) in [6.45, 7) is 3.14. The first kappa shape index (κ1) is 27.7. The maximum absolute atomic E-state index is 12.7. The molecular weight excluding hydrogens is 476 g/mol. The Morgan fingerprint density at radius 1 is 0.943 bits per heavy atom. The number of ether oxygens (including phenoxy) is 2. The van der Waals surface area contributed by atoms with Crippen LogP contribution in [0.5, 0.6) is 5.88 Å². The first-order valence-corrected chi connectivity index (χ1v) is 12.6. The number of hydrogen-bond donors (Lipinski definition) is 3. The monoisotopic (exact) mass is 506 g/mol. The zero-order valence-corrected chi connectivity index (χ0v) is 20.5. The number of nitrogens with one attached hydrogen (secondary N) is 3. The first-order chi connectivity index (χ1) is 16.8. The van der Waals surface area contributed by atoms with Gasteiger partial charge >= 0.3 is 6.09 Å². The molecule has 2 aromatic rings. The lowest BCUT2D eigenvalue weighted by atomic mass is 10.2. The molecule has 11 nitrogen and oxygen atoms in total. The molecule has 0 aliphatic rings. The van der Waals surface area contributed by atoms with Gasteiger partial charge in [0.05, 0.1) is 17.1 Å². The number of rotatable bonds is 13. The van der Waals surface area contributed by atoms with E-state index in [-0.39, 0.29) is 28.4 Å². The number of nitrogens with zero attached hydrogens (tertiary/aromatic N) is 1. The SMILES string of the molecule is CCCCCCNC(=O)c1cccc(S(=O)(=O)NC(=O)c2ccc(OC(=O)NCCOC)nc2)c1. The van der Waals surface area contributed by atoms with Crippen LogP contribution in [-0.2, 0) is 14.8 Å². The van der Waals surface area contributed by atoms with Gasteiger partial charge in [-0.2, -0.15) is 0 Å². The first-order valence-electron chi connectivity index (χ1n) is 11.1. The number of methoxy groups -OCH3 is 1. The second-order valence-corrected chi connectivity index (χ2v) is 9.16. The molecule has 0 unspecified atom stereocenters. The Balaban J connectivity index is 1.97. The lowest BCUT2D eigenvalue weighted by Crippen LogP contribution is -2.31. The summed E-state index contributed by atoms with van der Waals surface area (Å²) in [4.78, 5) is 40.0. The van der Waals surface area contributed by atoms with Crippen LogP contribution in [-0.4, -0.2) is 58.1 Å². The Morgan fingerprint density at radius 2 is 1.74 bits per heavy atom. The second kappa shape index (κ2) is 14.0. The number of amides is 3. The normalized spacial score (nSPS) is 10.9. The molecule has 0 atom stereocenters. The third kappa shape index (κ3) is 9.33. The molecule has 1 aromatic heterocycles. The molecule has 0 spiro atoms. The van der Waals surface area contributed by atoms with Crippen LogP contribution in [0.2, 0.25) is 0 Å². The molecule has 35 heavy (non-hydrogen) atoms. The Hall–Kier alpha value is -3.51. The smallest absolute Gasteiger partial charge is 0.391 e. The lowest BCUT2D eigenvalue weighted by Gasteiger charge is -2.10. The van der Waals surface area contributed by atoms with Crippen molar-refractivity contribution in [1.29, 1.82) is 0 Å². The number of unbranched alkanes of at least 4 members (excludes halogenated alkanes) is 3. The quantitative estimate of drug-likeness (QED) is 0.350. The number of pyridine rings is 1. The van der Waals surface area contributed by atoms with Crippen molar-refractivity contribution in [3.63, 3.8) is 0 Å². The lowest BCUT2D eigenvalue weighted by molar-refractivity contribution is 0.0950. The summed E-state index contributed by atoms with van der Waals surface area (Å²) in [5, 5.41) is 5.20. The molecule has 1 heterocycles. The van der Waals surface area contributed by atoms with Crippen LogP contribution in [0.15, 0.2) is 47.5 Å². The molecule has 0 radical (unpaired) electrons. The minimum absolute atomic E-state index is 0.0679. The van der Waals surface area contributed by atoms with Crippen molar-refractivity contribution in [2.24, 2.45) is 0 Å². The van der Waals surface area contributed by atoms with E-state index < -0.39 is 27.9 Å². The summed E-state index contributed by atoms with van der Waals surface area (Å²) >= 11 is 0. The summed E-state index contributed by atoms with van der Waals surface area (Å²) in [6, 6.07) is 7.92. The Kier molecular flexibility index (Phi) is 11.1. The zero-order chi connectivity index (χ0) is 25.7. The number of carbonyl (C=O) groups is 3. The molecule has 3 amide bonds. The Morgan fingerprint density at radius 3 is 2.43 bits per heavy atom. The highest BCUT2D eigenvalue weighted by Crippen LogP contribution is 2.14. The van der Waals surface area contributed by atoms with E-state index in [2.05, 4.69) is 22.5 Å². The van der Waals surface area contributed by atoms with Crippen LogP contribution in [0.25, 0.3) is 0 Å². The summed E-state index contributed by atoms with van der Waals surface area (Å²) in [7, 11) is -2.76. The van der Waals surface area contributed by atoms with Gasteiger partial charge in [-0.1, -0.05) is 32.3 Å². The number of sulfonamides is 1. The van der Waals surface area contributed by atoms with Crippen LogP contribution in [0.3, 0.4) is 0 Å². The van der Waals surface area contributed by atoms with Crippen LogP contribution in [0.4, 0.5) is 4.79 Å². The van der Waals surface area contributed by atoms with E-state index in [0.717, 1.165) is 31.9 Å². The molecule has 0 aliphatic carbocycles. The number of carbonyl (C=O) groups excluding carboxylic acids is 3. The Bertz CT molecular complexity index is 1110. The standard InChI is InChI=1S/C23H30N4O7S/c1-3-4-5-6-12-24-21(28)17-8-7-9-19(15-17)35(31,32)27-22(29)18-10-11-20(26-16-18)34-23(30)25-13-14-33-2/h7-11,15-16H,3-6,12-14H2,1-2H3,(H,24,28)(H,25,30)(H,27,29). The van der Waals surface area contributed by atoms with E-state index in [0.29, 0.717) is 13.2 Å². The van der Waals surface area contributed by atoms with Crippen molar-refractivity contribution in [2.45, 2.75) is 37.5 Å². The van der Waals surface area contributed by atoms with Gasteiger partial charge in [0.1, 0.15) is 0 Å². The molecular formula is C23H30N4O7S. The average Bonchev–Trinajstić information content (AvgIpc) is 2.84. The Labute approximate surface area is 204 Å². The third-order valence-electron chi connectivity index (χ3n) is 4.72. The maximum Gasteiger partial charge on any atom is 0.414 e.